The van der Waals surface area contributed by atoms with Crippen molar-refractivity contribution >= 4 is 11.0 Å². The van der Waals surface area contributed by atoms with E-state index in [1.54, 1.807) is 24.3 Å². The lowest BCUT2D eigenvalue weighted by atomic mass is 10.1. The largest absolute Gasteiger partial charge is 0.460 e. The van der Waals surface area contributed by atoms with Crippen LogP contribution >= 0.6 is 0 Å². The topological polar surface area (TPSA) is 13.1 Å². The summed E-state index contributed by atoms with van der Waals surface area (Å²) >= 11 is 0. The minimum Gasteiger partial charge on any atom is -0.460 e. The molecule has 0 bridgehead atoms. The smallest absolute Gasteiger partial charge is 0.398 e. The van der Waals surface area contributed by atoms with Crippen LogP contribution in [0.5, 0.6) is 0 Å². The Morgan fingerprint density at radius 1 is 1.20 bits per heavy atom. The second kappa shape index (κ2) is 3.29. The van der Waals surface area contributed by atoms with Gasteiger partial charge in [-0.15, -0.1) is 0 Å². The maximum Gasteiger partial charge on any atom is 0.398 e. The van der Waals surface area contributed by atoms with Crippen molar-refractivity contribution in [3.8, 4) is 0 Å². The van der Waals surface area contributed by atoms with E-state index in [2.05, 4.69) is 0 Å². The Morgan fingerprint density at radius 3 is 2.47 bits per heavy atom. The lowest BCUT2D eigenvalue weighted by Gasteiger charge is -2.12. The Bertz CT molecular complexity index is 437. The monoisotopic (exact) mass is 214 g/mol. The number of benzene rings is 1. The van der Waals surface area contributed by atoms with Gasteiger partial charge in [0.25, 0.3) is 0 Å². The number of para-hydroxylation sites is 1. The molecule has 0 saturated carbocycles. The molecular formula is C11H9F3O. The Kier molecular flexibility index (Phi) is 2.21. The number of alkyl halides is 3. The van der Waals surface area contributed by atoms with Gasteiger partial charge >= 0.3 is 6.18 Å². The number of fused-ring (bicyclic) bond motifs is 1. The average molecular weight is 214 g/mol. The van der Waals surface area contributed by atoms with Crippen molar-refractivity contribution in [2.24, 2.45) is 0 Å². The predicted molar refractivity (Wildman–Crippen MR) is 50.7 cm³/mol. The van der Waals surface area contributed by atoms with E-state index in [-0.39, 0.29) is 5.76 Å². The van der Waals surface area contributed by atoms with Gasteiger partial charge in [0.05, 0.1) is 0 Å². The molecule has 0 spiro atoms. The third kappa shape index (κ3) is 1.84. The summed E-state index contributed by atoms with van der Waals surface area (Å²) in [5, 5.41) is 0.698. The van der Waals surface area contributed by atoms with Crippen LogP contribution in [0.4, 0.5) is 13.2 Å². The zero-order valence-corrected chi connectivity index (χ0v) is 8.01. The van der Waals surface area contributed by atoms with Gasteiger partial charge in [-0.05, 0) is 19.1 Å². The molecule has 1 heterocycles. The molecule has 0 saturated heterocycles. The van der Waals surface area contributed by atoms with E-state index in [1.165, 1.54) is 6.07 Å². The molecule has 1 unspecified atom stereocenters. The first-order chi connectivity index (χ1) is 6.98. The summed E-state index contributed by atoms with van der Waals surface area (Å²) in [5.41, 5.74) is 0.489. The second-order valence-electron chi connectivity index (χ2n) is 3.45. The molecule has 0 aliphatic rings. The van der Waals surface area contributed by atoms with Crippen LogP contribution in [0, 0.1) is 0 Å². The molecule has 15 heavy (non-hydrogen) atoms. The number of halogens is 3. The first-order valence-electron chi connectivity index (χ1n) is 4.53. The fraction of sp³-hybridized carbons (Fsp3) is 0.273. The van der Waals surface area contributed by atoms with E-state index in [9.17, 15) is 13.2 Å². The van der Waals surface area contributed by atoms with Crippen molar-refractivity contribution in [1.29, 1.82) is 0 Å². The maximum atomic E-state index is 12.4. The molecule has 0 amide bonds. The lowest BCUT2D eigenvalue weighted by Crippen LogP contribution is -2.16. The highest BCUT2D eigenvalue weighted by Gasteiger charge is 2.39. The highest BCUT2D eigenvalue weighted by Crippen LogP contribution is 2.36. The van der Waals surface area contributed by atoms with Gasteiger partial charge in [-0.25, -0.2) is 0 Å². The molecule has 0 fully saturated rings. The molecule has 4 heteroatoms. The molecule has 1 aromatic carbocycles. The number of rotatable bonds is 1. The summed E-state index contributed by atoms with van der Waals surface area (Å²) < 4.78 is 42.3. The quantitative estimate of drug-likeness (QED) is 0.696. The molecule has 0 N–H and O–H groups in total. The minimum atomic E-state index is -4.26. The van der Waals surface area contributed by atoms with Crippen LogP contribution in [-0.4, -0.2) is 6.18 Å². The second-order valence-corrected chi connectivity index (χ2v) is 3.45. The molecule has 1 aromatic heterocycles. The van der Waals surface area contributed by atoms with Gasteiger partial charge in [-0.2, -0.15) is 13.2 Å². The van der Waals surface area contributed by atoms with E-state index in [0.29, 0.717) is 11.0 Å². The Balaban J connectivity index is 2.45. The van der Waals surface area contributed by atoms with Gasteiger partial charge in [0.2, 0.25) is 0 Å². The Morgan fingerprint density at radius 2 is 1.87 bits per heavy atom. The first kappa shape index (κ1) is 10.1. The van der Waals surface area contributed by atoms with E-state index in [0.717, 1.165) is 6.92 Å². The zero-order valence-electron chi connectivity index (χ0n) is 8.01. The zero-order chi connectivity index (χ0) is 11.1. The van der Waals surface area contributed by atoms with E-state index in [1.807, 2.05) is 0 Å². The highest BCUT2D eigenvalue weighted by atomic mass is 19.4. The molecule has 2 aromatic rings. The van der Waals surface area contributed by atoms with Crippen molar-refractivity contribution < 1.29 is 17.6 Å². The van der Waals surface area contributed by atoms with Crippen molar-refractivity contribution in [2.45, 2.75) is 19.0 Å². The molecule has 0 aliphatic carbocycles. The molecule has 1 atom stereocenters. The highest BCUT2D eigenvalue weighted by molar-refractivity contribution is 5.77. The number of furan rings is 1. The van der Waals surface area contributed by atoms with Crippen LogP contribution in [0.2, 0.25) is 0 Å². The maximum absolute atomic E-state index is 12.4. The summed E-state index contributed by atoms with van der Waals surface area (Å²) in [6.07, 6.45) is -4.26. The van der Waals surface area contributed by atoms with Gasteiger partial charge in [0.15, 0.2) is 0 Å². The summed E-state index contributed by atoms with van der Waals surface area (Å²) in [7, 11) is 0. The molecule has 2 rings (SSSR count). The average Bonchev–Trinajstić information content (AvgIpc) is 2.58. The first-order valence-corrected chi connectivity index (χ1v) is 4.53. The van der Waals surface area contributed by atoms with Gasteiger partial charge < -0.3 is 4.42 Å². The van der Waals surface area contributed by atoms with Crippen molar-refractivity contribution in [3.05, 3.63) is 36.1 Å². The lowest BCUT2D eigenvalue weighted by molar-refractivity contribution is -0.149. The van der Waals surface area contributed by atoms with Crippen molar-refractivity contribution in [2.75, 3.05) is 0 Å². The van der Waals surface area contributed by atoms with Crippen LogP contribution in [0.15, 0.2) is 34.7 Å². The molecule has 0 radical (unpaired) electrons. The van der Waals surface area contributed by atoms with Crippen LogP contribution in [0.3, 0.4) is 0 Å². The van der Waals surface area contributed by atoms with Crippen LogP contribution in [0.1, 0.15) is 18.6 Å². The van der Waals surface area contributed by atoms with E-state index in [4.69, 9.17) is 4.42 Å². The summed E-state index contributed by atoms with van der Waals surface area (Å²) in [6, 6.07) is 8.31. The Hall–Kier alpha value is -1.45. The minimum absolute atomic E-state index is 0.0382. The number of hydrogen-bond donors (Lipinski definition) is 0. The summed E-state index contributed by atoms with van der Waals surface area (Å²) in [4.78, 5) is 0. The summed E-state index contributed by atoms with van der Waals surface area (Å²) in [6.45, 7) is 1.09. The fourth-order valence-electron chi connectivity index (χ4n) is 1.38. The normalized spacial score (nSPS) is 14.4. The molecule has 1 nitrogen and oxygen atoms in total. The number of hydrogen-bond acceptors (Lipinski definition) is 1. The van der Waals surface area contributed by atoms with Gasteiger partial charge in [-0.1, -0.05) is 18.2 Å². The fourth-order valence-corrected chi connectivity index (χ4v) is 1.38. The van der Waals surface area contributed by atoms with Gasteiger partial charge in [0.1, 0.15) is 17.3 Å². The van der Waals surface area contributed by atoms with Crippen LogP contribution in [-0.2, 0) is 0 Å². The Labute approximate surface area is 84.5 Å². The van der Waals surface area contributed by atoms with Crippen LogP contribution in [0.25, 0.3) is 11.0 Å². The molecule has 80 valence electrons. The molecule has 0 aliphatic heterocycles. The van der Waals surface area contributed by atoms with Crippen molar-refractivity contribution in [3.63, 3.8) is 0 Å². The van der Waals surface area contributed by atoms with E-state index < -0.39 is 12.1 Å². The van der Waals surface area contributed by atoms with E-state index >= 15 is 0 Å². The SMILES string of the molecule is CC(c1cc2ccccc2o1)C(F)(F)F. The van der Waals surface area contributed by atoms with Gasteiger partial charge in [-0.3, -0.25) is 0 Å². The molecular weight excluding hydrogens is 205 g/mol. The predicted octanol–water partition coefficient (Wildman–Crippen LogP) is 4.10. The van der Waals surface area contributed by atoms with Gasteiger partial charge in [0, 0.05) is 5.39 Å². The van der Waals surface area contributed by atoms with Crippen molar-refractivity contribution in [1.82, 2.24) is 0 Å². The third-order valence-corrected chi connectivity index (χ3v) is 2.36. The van der Waals surface area contributed by atoms with Crippen LogP contribution < -0.4 is 0 Å². The standard InChI is InChI=1S/C11H9F3O/c1-7(11(12,13)14)10-6-8-4-2-3-5-9(8)15-10/h2-7H,1H3. The third-order valence-electron chi connectivity index (χ3n) is 2.36. The summed E-state index contributed by atoms with van der Waals surface area (Å²) in [5.74, 6) is -1.60.